The zero-order chi connectivity index (χ0) is 31.9. The summed E-state index contributed by atoms with van der Waals surface area (Å²) < 4.78 is 2.41. The fourth-order valence-corrected chi connectivity index (χ4v) is 6.81. The number of hydrogen-bond donors (Lipinski definition) is 1. The van der Waals surface area contributed by atoms with Crippen molar-refractivity contribution in [3.8, 4) is 39.1 Å². The molecule has 7 aromatic rings. The summed E-state index contributed by atoms with van der Waals surface area (Å²) in [6.45, 7) is 0. The Morgan fingerprint density at radius 3 is 1.49 bits per heavy atom. The summed E-state index contributed by atoms with van der Waals surface area (Å²) >= 11 is 0. The number of rotatable bonds is 4. The van der Waals surface area contributed by atoms with Crippen LogP contribution in [0.3, 0.4) is 0 Å². The molecule has 0 amide bonds. The minimum Gasteiger partial charge on any atom is -0.355 e. The molecule has 3 aromatic heterocycles. The van der Waals surface area contributed by atoms with E-state index in [1.54, 1.807) is 0 Å². The second kappa shape index (κ2) is 13.0. The van der Waals surface area contributed by atoms with Crippen molar-refractivity contribution in [3.63, 3.8) is 0 Å². The minimum atomic E-state index is 0. The van der Waals surface area contributed by atoms with Crippen LogP contribution in [0, 0.1) is 0 Å². The summed E-state index contributed by atoms with van der Waals surface area (Å²) in [5, 5.41) is 0. The number of nitrogens with zero attached hydrogens (tertiary/aromatic N) is 3. The van der Waals surface area contributed by atoms with Gasteiger partial charge in [-0.25, -0.2) is 9.97 Å². The van der Waals surface area contributed by atoms with E-state index in [1.165, 1.54) is 0 Å². The van der Waals surface area contributed by atoms with Gasteiger partial charge in [-0.2, -0.15) is 0 Å². The van der Waals surface area contributed by atoms with Crippen molar-refractivity contribution in [3.05, 3.63) is 174 Å². The molecule has 235 valence electrons. The van der Waals surface area contributed by atoms with Crippen LogP contribution in [-0.2, 0) is 19.5 Å². The minimum absolute atomic E-state index is 0. The first-order valence-corrected chi connectivity index (χ1v) is 16.2. The molecular formula is C44H30N4Rh. The first-order chi connectivity index (χ1) is 23.8. The van der Waals surface area contributed by atoms with Crippen LogP contribution in [0.15, 0.2) is 152 Å². The first kappa shape index (κ1) is 30.4. The predicted octanol–water partition coefficient (Wildman–Crippen LogP) is 11.1. The van der Waals surface area contributed by atoms with E-state index in [0.717, 1.165) is 83.9 Å². The van der Waals surface area contributed by atoms with Crippen molar-refractivity contribution in [1.29, 1.82) is 0 Å². The van der Waals surface area contributed by atoms with E-state index in [0.29, 0.717) is 0 Å². The zero-order valence-corrected chi connectivity index (χ0v) is 28.1. The van der Waals surface area contributed by atoms with Gasteiger partial charge in [0.15, 0.2) is 0 Å². The summed E-state index contributed by atoms with van der Waals surface area (Å²) in [5.74, 6) is 0. The summed E-state index contributed by atoms with van der Waals surface area (Å²) in [6, 6.07) is 53.3. The summed E-state index contributed by atoms with van der Waals surface area (Å²) in [7, 11) is 0. The average Bonchev–Trinajstić information content (AvgIpc) is 3.95. The molecule has 8 bridgehead atoms. The van der Waals surface area contributed by atoms with Crippen LogP contribution in [0.5, 0.6) is 0 Å². The van der Waals surface area contributed by atoms with Crippen LogP contribution < -0.4 is 0 Å². The van der Waals surface area contributed by atoms with Crippen molar-refractivity contribution in [2.75, 3.05) is 0 Å². The van der Waals surface area contributed by atoms with E-state index in [1.807, 2.05) is 0 Å². The Bertz CT molecular complexity index is 2530. The molecular weight excluding hydrogens is 687 g/mol. The van der Waals surface area contributed by atoms with E-state index in [9.17, 15) is 0 Å². The fraction of sp³-hybridized carbons (Fsp3) is 0. The number of aromatic amines is 1. The predicted molar refractivity (Wildman–Crippen MR) is 200 cm³/mol. The molecule has 9 rings (SSSR count). The number of para-hydroxylation sites is 1. The molecule has 0 spiro atoms. The van der Waals surface area contributed by atoms with Gasteiger partial charge >= 0.3 is 0 Å². The van der Waals surface area contributed by atoms with E-state index in [-0.39, 0.29) is 19.5 Å². The maximum atomic E-state index is 5.29. The van der Waals surface area contributed by atoms with Crippen LogP contribution >= 0.6 is 0 Å². The summed E-state index contributed by atoms with van der Waals surface area (Å²) in [6.07, 6.45) is 8.44. The Morgan fingerprint density at radius 2 is 0.898 bits per heavy atom. The van der Waals surface area contributed by atoms with Crippen molar-refractivity contribution < 1.29 is 19.5 Å². The molecule has 0 saturated heterocycles. The van der Waals surface area contributed by atoms with Crippen LogP contribution in [0.25, 0.3) is 85.4 Å². The summed E-state index contributed by atoms with van der Waals surface area (Å²) in [5.41, 5.74) is 15.4. The molecule has 0 saturated carbocycles. The van der Waals surface area contributed by atoms with Gasteiger partial charge in [-0.3, -0.25) is 0 Å². The number of H-pyrrole nitrogens is 1. The fourth-order valence-electron chi connectivity index (χ4n) is 6.81. The Morgan fingerprint density at radius 1 is 0.429 bits per heavy atom. The molecule has 49 heavy (non-hydrogen) atoms. The van der Waals surface area contributed by atoms with Crippen molar-refractivity contribution >= 4 is 46.4 Å². The van der Waals surface area contributed by atoms with Gasteiger partial charge in [0.2, 0.25) is 0 Å². The number of aromatic nitrogens is 4. The number of hydrogen-bond acceptors (Lipinski definition) is 2. The maximum absolute atomic E-state index is 5.29. The zero-order valence-electron chi connectivity index (χ0n) is 26.4. The SMILES string of the molecule is C1=Cc2cc3c(-c4ccccc4)c(-c4ccccc4)c(c(-c4ccccc4)c4nc(cc5ccc(cc1n2)[nH]5)C=C4)n3-c1ccccc1.[Rh]. The molecule has 2 aliphatic rings. The molecule has 1 radical (unpaired) electrons. The van der Waals surface area contributed by atoms with E-state index >= 15 is 0 Å². The van der Waals surface area contributed by atoms with Crippen LogP contribution in [0.2, 0.25) is 0 Å². The van der Waals surface area contributed by atoms with Crippen molar-refractivity contribution in [2.45, 2.75) is 0 Å². The molecule has 2 aliphatic heterocycles. The van der Waals surface area contributed by atoms with Crippen LogP contribution in [0.4, 0.5) is 0 Å². The van der Waals surface area contributed by atoms with Crippen molar-refractivity contribution in [1.82, 2.24) is 19.5 Å². The topological polar surface area (TPSA) is 46.5 Å². The van der Waals surface area contributed by atoms with E-state index in [4.69, 9.17) is 9.97 Å². The van der Waals surface area contributed by atoms with Gasteiger partial charge in [-0.05, 0) is 83.5 Å². The molecule has 0 unspecified atom stereocenters. The molecule has 0 fully saturated rings. The van der Waals surface area contributed by atoms with Gasteiger partial charge in [-0.15, -0.1) is 0 Å². The van der Waals surface area contributed by atoms with Gasteiger partial charge in [0.1, 0.15) is 0 Å². The Balaban J connectivity index is 0.00000348. The normalized spacial score (nSPS) is 11.8. The van der Waals surface area contributed by atoms with E-state index < -0.39 is 0 Å². The molecule has 4 aromatic carbocycles. The molecule has 4 nitrogen and oxygen atoms in total. The largest absolute Gasteiger partial charge is 0.355 e. The molecule has 5 heteroatoms. The van der Waals surface area contributed by atoms with Crippen LogP contribution in [0.1, 0.15) is 22.8 Å². The Labute approximate surface area is 297 Å². The second-order valence-electron chi connectivity index (χ2n) is 12.0. The Kier molecular flexibility index (Phi) is 8.05. The maximum Gasteiger partial charge on any atom is 0.0737 e. The number of benzene rings is 4. The molecule has 1 N–H and O–H groups in total. The molecule has 5 heterocycles. The van der Waals surface area contributed by atoms with Gasteiger partial charge in [0, 0.05) is 52.9 Å². The molecule has 0 aliphatic carbocycles. The second-order valence-corrected chi connectivity index (χ2v) is 12.0. The third-order valence-corrected chi connectivity index (χ3v) is 8.87. The molecule has 0 atom stereocenters. The monoisotopic (exact) mass is 717 g/mol. The third kappa shape index (κ3) is 5.69. The van der Waals surface area contributed by atoms with Gasteiger partial charge < -0.3 is 9.55 Å². The number of nitrogens with one attached hydrogen (secondary N) is 1. The van der Waals surface area contributed by atoms with Gasteiger partial charge in [0.05, 0.1) is 33.8 Å². The van der Waals surface area contributed by atoms with Crippen molar-refractivity contribution in [2.24, 2.45) is 0 Å². The average molecular weight is 718 g/mol. The standard InChI is InChI=1S/C44H30N4.Rh/c1-5-13-30(14-6-1)41-39-26-25-36(47-39)28-35-22-21-33(45-35)27-34-23-24-37(46-34)29-40-42(31-15-7-2-8-16-31)43(32-17-9-3-10-18-32)44(41)48(40)38-19-11-4-12-20-38;/h1-29,45H;. The smallest absolute Gasteiger partial charge is 0.0737 e. The van der Waals surface area contributed by atoms with Crippen LogP contribution in [-0.4, -0.2) is 19.5 Å². The third-order valence-electron chi connectivity index (χ3n) is 8.87. The van der Waals surface area contributed by atoms with Gasteiger partial charge in [-0.1, -0.05) is 109 Å². The van der Waals surface area contributed by atoms with E-state index in [2.05, 4.69) is 186 Å². The Hall–Kier alpha value is -5.90. The first-order valence-electron chi connectivity index (χ1n) is 16.2. The number of fused-ring (bicyclic) bond motifs is 8. The van der Waals surface area contributed by atoms with Gasteiger partial charge in [0.25, 0.3) is 0 Å². The summed E-state index contributed by atoms with van der Waals surface area (Å²) in [4.78, 5) is 13.9. The quantitative estimate of drug-likeness (QED) is 0.184.